The first-order valence-electron chi connectivity index (χ1n) is 3.21. The maximum Gasteiger partial charge on any atom is 0.244 e. The van der Waals surface area contributed by atoms with Gasteiger partial charge in [0.2, 0.25) is 5.24 Å². The predicted octanol–water partition coefficient (Wildman–Crippen LogP) is 2.87. The van der Waals surface area contributed by atoms with Gasteiger partial charge in [-0.25, -0.2) is 4.39 Å². The van der Waals surface area contributed by atoms with Crippen molar-refractivity contribution < 1.29 is 9.18 Å². The van der Waals surface area contributed by atoms with Gasteiger partial charge in [-0.2, -0.15) is 0 Å². The highest BCUT2D eigenvalue weighted by molar-refractivity contribution is 6.68. The molecule has 1 aromatic rings. The van der Waals surface area contributed by atoms with Gasteiger partial charge in [-0.1, -0.05) is 18.2 Å². The fraction of sp³-hybridized carbons (Fsp3) is 0.125. The lowest BCUT2D eigenvalue weighted by molar-refractivity contribution is -0.111. The molecule has 0 saturated heterocycles. The number of benzene rings is 1. The summed E-state index contributed by atoms with van der Waals surface area (Å²) >= 11 is 10.6. The summed E-state index contributed by atoms with van der Waals surface area (Å²) in [6.07, 6.45) is 0. The van der Waals surface area contributed by atoms with Crippen LogP contribution in [0.5, 0.6) is 0 Å². The Kier molecular flexibility index (Phi) is 3.06. The highest BCUT2D eigenvalue weighted by atomic mass is 35.5. The quantitative estimate of drug-likeness (QED) is 0.538. The van der Waals surface area contributed by atoms with Gasteiger partial charge in [0, 0.05) is 5.56 Å². The summed E-state index contributed by atoms with van der Waals surface area (Å²) in [4.78, 5) is 10.6. The van der Waals surface area contributed by atoms with E-state index in [2.05, 4.69) is 0 Å². The second kappa shape index (κ2) is 3.87. The molecule has 0 aliphatic heterocycles. The number of carbonyl (C=O) groups is 1. The van der Waals surface area contributed by atoms with Gasteiger partial charge in [-0.05, 0) is 17.7 Å². The number of alkyl halides is 1. The molecule has 0 N–H and O–H groups in total. The molecule has 0 aliphatic carbocycles. The van der Waals surface area contributed by atoms with Gasteiger partial charge >= 0.3 is 0 Å². The highest BCUT2D eigenvalue weighted by Crippen LogP contribution is 2.24. The topological polar surface area (TPSA) is 17.1 Å². The molecule has 1 nitrogen and oxygen atoms in total. The molecular weight excluding hydrogens is 202 g/mol. The third kappa shape index (κ3) is 1.96. The summed E-state index contributed by atoms with van der Waals surface area (Å²) in [7, 11) is 0. The van der Waals surface area contributed by atoms with E-state index in [-0.39, 0.29) is 5.56 Å². The van der Waals surface area contributed by atoms with Crippen molar-refractivity contribution in [1.29, 1.82) is 0 Å². The molecule has 0 spiro atoms. The van der Waals surface area contributed by atoms with Crippen LogP contribution < -0.4 is 0 Å². The first-order chi connectivity index (χ1) is 5.63. The predicted molar refractivity (Wildman–Crippen MR) is 45.9 cm³/mol. The average Bonchev–Trinajstić information content (AvgIpc) is 2.04. The molecular formula is C8H5Cl2FO. The smallest absolute Gasteiger partial charge is 0.244 e. The highest BCUT2D eigenvalue weighted by Gasteiger charge is 2.18. The molecule has 1 unspecified atom stereocenters. The van der Waals surface area contributed by atoms with Crippen molar-refractivity contribution in [2.45, 2.75) is 5.38 Å². The molecule has 0 aromatic heterocycles. The van der Waals surface area contributed by atoms with E-state index in [1.807, 2.05) is 0 Å². The molecule has 1 aromatic carbocycles. The van der Waals surface area contributed by atoms with E-state index in [0.29, 0.717) is 0 Å². The Morgan fingerprint density at radius 2 is 2.00 bits per heavy atom. The van der Waals surface area contributed by atoms with E-state index in [9.17, 15) is 9.18 Å². The number of hydrogen-bond acceptors (Lipinski definition) is 1. The lowest BCUT2D eigenvalue weighted by Crippen LogP contribution is -2.01. The summed E-state index contributed by atoms with van der Waals surface area (Å²) < 4.78 is 12.9. The van der Waals surface area contributed by atoms with Crippen molar-refractivity contribution in [2.75, 3.05) is 0 Å². The van der Waals surface area contributed by atoms with Crippen LogP contribution in [0.15, 0.2) is 24.3 Å². The van der Waals surface area contributed by atoms with Gasteiger partial charge < -0.3 is 0 Å². The standard InChI is InChI=1S/C8H5Cl2FO/c9-7(8(10)12)5-3-1-2-4-6(5)11/h1-4,7H. The number of rotatable bonds is 2. The molecule has 0 heterocycles. The fourth-order valence-electron chi connectivity index (χ4n) is 0.803. The lowest BCUT2D eigenvalue weighted by atomic mass is 10.1. The molecule has 0 amide bonds. The maximum atomic E-state index is 12.9. The Bertz CT molecular complexity index is 301. The van der Waals surface area contributed by atoms with E-state index in [1.165, 1.54) is 18.2 Å². The van der Waals surface area contributed by atoms with Crippen molar-refractivity contribution in [3.05, 3.63) is 35.6 Å². The number of halogens is 3. The molecule has 1 atom stereocenters. The molecule has 4 heteroatoms. The normalized spacial score (nSPS) is 12.6. The van der Waals surface area contributed by atoms with Crippen molar-refractivity contribution in [3.8, 4) is 0 Å². The summed E-state index contributed by atoms with van der Waals surface area (Å²) in [5.74, 6) is -0.522. The Morgan fingerprint density at radius 3 is 2.50 bits per heavy atom. The van der Waals surface area contributed by atoms with Crippen molar-refractivity contribution in [1.82, 2.24) is 0 Å². The summed E-state index contributed by atoms with van der Waals surface area (Å²) in [6.45, 7) is 0. The van der Waals surface area contributed by atoms with Crippen LogP contribution in [0.3, 0.4) is 0 Å². The van der Waals surface area contributed by atoms with Crippen LogP contribution in [-0.4, -0.2) is 5.24 Å². The molecule has 1 rings (SSSR count). The molecule has 0 saturated carbocycles. The van der Waals surface area contributed by atoms with Crippen LogP contribution in [0.4, 0.5) is 4.39 Å². The van der Waals surface area contributed by atoms with E-state index < -0.39 is 16.4 Å². The van der Waals surface area contributed by atoms with Crippen LogP contribution in [-0.2, 0) is 4.79 Å². The summed E-state index contributed by atoms with van der Waals surface area (Å²) in [5.41, 5.74) is 0.110. The van der Waals surface area contributed by atoms with E-state index in [1.54, 1.807) is 6.07 Å². The van der Waals surface area contributed by atoms with Gasteiger partial charge in [-0.15, -0.1) is 11.6 Å². The second-order valence-electron chi connectivity index (χ2n) is 2.19. The minimum Gasteiger partial charge on any atom is -0.279 e. The Morgan fingerprint density at radius 1 is 1.42 bits per heavy atom. The molecule has 0 bridgehead atoms. The van der Waals surface area contributed by atoms with Gasteiger partial charge in [0.1, 0.15) is 11.2 Å². The first kappa shape index (κ1) is 9.49. The Labute approximate surface area is 79.1 Å². The average molecular weight is 207 g/mol. The molecule has 0 radical (unpaired) electrons. The zero-order valence-corrected chi connectivity index (χ0v) is 7.44. The van der Waals surface area contributed by atoms with Crippen LogP contribution >= 0.6 is 23.2 Å². The SMILES string of the molecule is O=C(Cl)C(Cl)c1ccccc1F. The Balaban J connectivity index is 3.02. The third-order valence-electron chi connectivity index (χ3n) is 1.38. The third-order valence-corrected chi connectivity index (χ3v) is 2.14. The van der Waals surface area contributed by atoms with Crippen LogP contribution in [0.25, 0.3) is 0 Å². The van der Waals surface area contributed by atoms with Crippen molar-refractivity contribution >= 4 is 28.4 Å². The lowest BCUT2D eigenvalue weighted by Gasteiger charge is -2.04. The molecule has 64 valence electrons. The number of carbonyl (C=O) groups excluding carboxylic acids is 1. The first-order valence-corrected chi connectivity index (χ1v) is 4.02. The van der Waals surface area contributed by atoms with Gasteiger partial charge in [0.15, 0.2) is 0 Å². The maximum absolute atomic E-state index is 12.9. The fourth-order valence-corrected chi connectivity index (χ4v) is 1.10. The minimum absolute atomic E-state index is 0.110. The summed E-state index contributed by atoms with van der Waals surface area (Å²) in [6, 6.07) is 5.76. The van der Waals surface area contributed by atoms with Crippen molar-refractivity contribution in [3.63, 3.8) is 0 Å². The van der Waals surface area contributed by atoms with Crippen LogP contribution in [0.1, 0.15) is 10.9 Å². The van der Waals surface area contributed by atoms with E-state index in [4.69, 9.17) is 23.2 Å². The van der Waals surface area contributed by atoms with Crippen LogP contribution in [0, 0.1) is 5.82 Å². The largest absolute Gasteiger partial charge is 0.279 e. The second-order valence-corrected chi connectivity index (χ2v) is 3.00. The van der Waals surface area contributed by atoms with E-state index in [0.717, 1.165) is 0 Å². The zero-order valence-electron chi connectivity index (χ0n) is 5.93. The van der Waals surface area contributed by atoms with E-state index >= 15 is 0 Å². The van der Waals surface area contributed by atoms with Gasteiger partial charge in [0.25, 0.3) is 0 Å². The molecule has 0 aliphatic rings. The van der Waals surface area contributed by atoms with Gasteiger partial charge in [-0.3, -0.25) is 4.79 Å². The molecule has 0 fully saturated rings. The Hall–Kier alpha value is -0.600. The molecule has 12 heavy (non-hydrogen) atoms. The minimum atomic E-state index is -1.10. The van der Waals surface area contributed by atoms with Crippen molar-refractivity contribution in [2.24, 2.45) is 0 Å². The number of hydrogen-bond donors (Lipinski definition) is 0. The summed E-state index contributed by atoms with van der Waals surface area (Å²) in [5, 5.41) is -1.88. The van der Waals surface area contributed by atoms with Crippen LogP contribution in [0.2, 0.25) is 0 Å². The van der Waals surface area contributed by atoms with Gasteiger partial charge in [0.05, 0.1) is 0 Å². The zero-order chi connectivity index (χ0) is 9.14. The monoisotopic (exact) mass is 206 g/mol.